The van der Waals surface area contributed by atoms with Crippen molar-refractivity contribution in [3.63, 3.8) is 0 Å². The van der Waals surface area contributed by atoms with E-state index in [2.05, 4.69) is 4.98 Å². The monoisotopic (exact) mass is 235 g/mol. The summed E-state index contributed by atoms with van der Waals surface area (Å²) in [6.07, 6.45) is 2.20. The summed E-state index contributed by atoms with van der Waals surface area (Å²) in [6.45, 7) is 5.83. The molecule has 2 rings (SSSR count). The molecular weight excluding hydrogens is 218 g/mol. The number of imidazole rings is 1. The van der Waals surface area contributed by atoms with Crippen LogP contribution in [0, 0.1) is 6.92 Å². The van der Waals surface area contributed by atoms with E-state index in [9.17, 15) is 9.59 Å². The van der Waals surface area contributed by atoms with E-state index in [1.807, 2.05) is 23.3 Å². The van der Waals surface area contributed by atoms with Gasteiger partial charge in [-0.05, 0) is 13.3 Å². The number of aromatic nitrogens is 2. The predicted molar refractivity (Wildman–Crippen MR) is 62.7 cm³/mol. The van der Waals surface area contributed by atoms with Crippen molar-refractivity contribution >= 4 is 12.2 Å². The Morgan fingerprint density at radius 1 is 1.47 bits per heavy atom. The Morgan fingerprint density at radius 3 is 2.88 bits per heavy atom. The van der Waals surface area contributed by atoms with Gasteiger partial charge in [0, 0.05) is 19.5 Å². The standard InChI is InChI=1S/C12H17N3O2/c1-3-4-12(17)14-5-6-15-9(2)13-10(8-16)11(15)7-14/h8H,3-7H2,1-2H3. The Balaban J connectivity index is 2.23. The second-order valence-corrected chi connectivity index (χ2v) is 4.33. The molecular formula is C12H17N3O2. The summed E-state index contributed by atoms with van der Waals surface area (Å²) >= 11 is 0. The first-order chi connectivity index (χ1) is 8.17. The maximum absolute atomic E-state index is 11.8. The lowest BCUT2D eigenvalue weighted by Gasteiger charge is -2.29. The van der Waals surface area contributed by atoms with Crippen LogP contribution in [-0.2, 0) is 17.9 Å². The van der Waals surface area contributed by atoms with E-state index < -0.39 is 0 Å². The normalized spacial score (nSPS) is 14.6. The molecule has 0 atom stereocenters. The molecule has 0 fully saturated rings. The van der Waals surface area contributed by atoms with Gasteiger partial charge in [-0.2, -0.15) is 0 Å². The molecule has 1 aromatic rings. The van der Waals surface area contributed by atoms with Gasteiger partial charge in [-0.1, -0.05) is 6.92 Å². The topological polar surface area (TPSA) is 55.2 Å². The lowest BCUT2D eigenvalue weighted by Crippen LogP contribution is -2.38. The van der Waals surface area contributed by atoms with Crippen LogP contribution in [0.2, 0.25) is 0 Å². The van der Waals surface area contributed by atoms with E-state index in [0.717, 1.165) is 30.8 Å². The highest BCUT2D eigenvalue weighted by Gasteiger charge is 2.24. The Labute approximate surface area is 100 Å². The van der Waals surface area contributed by atoms with Crippen LogP contribution in [0.25, 0.3) is 0 Å². The van der Waals surface area contributed by atoms with Gasteiger partial charge in [-0.25, -0.2) is 4.98 Å². The van der Waals surface area contributed by atoms with Crippen LogP contribution in [0.5, 0.6) is 0 Å². The Morgan fingerprint density at radius 2 is 2.24 bits per heavy atom. The molecule has 0 spiro atoms. The number of nitrogens with zero attached hydrogens (tertiary/aromatic N) is 3. The first-order valence-electron chi connectivity index (χ1n) is 5.96. The molecule has 0 saturated carbocycles. The average Bonchev–Trinajstić information content (AvgIpc) is 2.66. The van der Waals surface area contributed by atoms with Crippen molar-refractivity contribution in [1.82, 2.24) is 14.5 Å². The van der Waals surface area contributed by atoms with E-state index in [1.165, 1.54) is 0 Å². The summed E-state index contributed by atoms with van der Waals surface area (Å²) in [5, 5.41) is 0. The zero-order chi connectivity index (χ0) is 12.4. The molecule has 0 unspecified atom stereocenters. The van der Waals surface area contributed by atoms with Crippen molar-refractivity contribution in [3.05, 3.63) is 17.2 Å². The van der Waals surface area contributed by atoms with Gasteiger partial charge in [0.15, 0.2) is 6.29 Å². The largest absolute Gasteiger partial charge is 0.335 e. The third-order valence-corrected chi connectivity index (χ3v) is 3.16. The van der Waals surface area contributed by atoms with Crippen LogP contribution in [0.3, 0.4) is 0 Å². The number of aldehydes is 1. The summed E-state index contributed by atoms with van der Waals surface area (Å²) in [5.41, 5.74) is 1.34. The van der Waals surface area contributed by atoms with Crippen LogP contribution >= 0.6 is 0 Å². The van der Waals surface area contributed by atoms with Gasteiger partial charge in [0.1, 0.15) is 11.5 Å². The zero-order valence-electron chi connectivity index (χ0n) is 10.3. The number of carbonyl (C=O) groups excluding carboxylic acids is 2. The highest BCUT2D eigenvalue weighted by atomic mass is 16.2. The van der Waals surface area contributed by atoms with Crippen LogP contribution in [0.4, 0.5) is 0 Å². The van der Waals surface area contributed by atoms with Gasteiger partial charge in [0.05, 0.1) is 12.2 Å². The molecule has 1 aromatic heterocycles. The molecule has 0 radical (unpaired) electrons. The minimum atomic E-state index is 0.162. The van der Waals surface area contributed by atoms with Crippen molar-refractivity contribution in [2.45, 2.75) is 39.8 Å². The van der Waals surface area contributed by atoms with Crippen molar-refractivity contribution in [3.8, 4) is 0 Å². The maximum Gasteiger partial charge on any atom is 0.222 e. The lowest BCUT2D eigenvalue weighted by molar-refractivity contribution is -0.132. The Hall–Kier alpha value is -1.65. The molecule has 0 N–H and O–H groups in total. The van der Waals surface area contributed by atoms with Crippen LogP contribution in [0.1, 0.15) is 41.8 Å². The molecule has 5 nitrogen and oxygen atoms in total. The molecule has 92 valence electrons. The van der Waals surface area contributed by atoms with E-state index in [0.29, 0.717) is 25.2 Å². The average molecular weight is 235 g/mol. The summed E-state index contributed by atoms with van der Waals surface area (Å²) in [4.78, 5) is 28.8. The number of hydrogen-bond donors (Lipinski definition) is 0. The van der Waals surface area contributed by atoms with E-state index in [4.69, 9.17) is 0 Å². The van der Waals surface area contributed by atoms with Crippen molar-refractivity contribution in [1.29, 1.82) is 0 Å². The minimum absolute atomic E-state index is 0.162. The fourth-order valence-corrected chi connectivity index (χ4v) is 2.26. The maximum atomic E-state index is 11.8. The molecule has 2 heterocycles. The van der Waals surface area contributed by atoms with Gasteiger partial charge in [-0.3, -0.25) is 9.59 Å². The quantitative estimate of drug-likeness (QED) is 0.738. The van der Waals surface area contributed by atoms with Gasteiger partial charge >= 0.3 is 0 Å². The Kier molecular flexibility index (Phi) is 3.26. The molecule has 1 aliphatic heterocycles. The van der Waals surface area contributed by atoms with Crippen LogP contribution in [0.15, 0.2) is 0 Å². The number of hydrogen-bond acceptors (Lipinski definition) is 3. The van der Waals surface area contributed by atoms with Crippen molar-refractivity contribution in [2.75, 3.05) is 6.54 Å². The van der Waals surface area contributed by atoms with Crippen molar-refractivity contribution in [2.24, 2.45) is 0 Å². The van der Waals surface area contributed by atoms with E-state index >= 15 is 0 Å². The number of fused-ring (bicyclic) bond motifs is 1. The first-order valence-corrected chi connectivity index (χ1v) is 5.96. The molecule has 0 bridgehead atoms. The second kappa shape index (κ2) is 4.69. The molecule has 5 heteroatoms. The minimum Gasteiger partial charge on any atom is -0.335 e. The molecule has 0 aliphatic carbocycles. The van der Waals surface area contributed by atoms with E-state index in [-0.39, 0.29) is 5.91 Å². The molecule has 0 aromatic carbocycles. The lowest BCUT2D eigenvalue weighted by atomic mass is 10.2. The van der Waals surface area contributed by atoms with Gasteiger partial charge < -0.3 is 9.47 Å². The SMILES string of the molecule is CCCC(=O)N1CCn2c(C)nc(C=O)c2C1. The van der Waals surface area contributed by atoms with Gasteiger partial charge in [-0.15, -0.1) is 0 Å². The number of amides is 1. The number of aryl methyl sites for hydroxylation is 1. The summed E-state index contributed by atoms with van der Waals surface area (Å²) in [7, 11) is 0. The van der Waals surface area contributed by atoms with Gasteiger partial charge in [0.2, 0.25) is 5.91 Å². The highest BCUT2D eigenvalue weighted by molar-refractivity contribution is 5.77. The van der Waals surface area contributed by atoms with Crippen molar-refractivity contribution < 1.29 is 9.59 Å². The third-order valence-electron chi connectivity index (χ3n) is 3.16. The fraction of sp³-hybridized carbons (Fsp3) is 0.583. The Bertz CT molecular complexity index is 451. The molecule has 0 saturated heterocycles. The smallest absolute Gasteiger partial charge is 0.222 e. The summed E-state index contributed by atoms with van der Waals surface area (Å²) in [6, 6.07) is 0. The third kappa shape index (κ3) is 2.09. The predicted octanol–water partition coefficient (Wildman–Crippen LogP) is 1.15. The van der Waals surface area contributed by atoms with E-state index in [1.54, 1.807) is 0 Å². The molecule has 1 aliphatic rings. The molecule has 1 amide bonds. The number of carbonyl (C=O) groups is 2. The first kappa shape index (κ1) is 11.8. The summed E-state index contributed by atoms with van der Waals surface area (Å²) < 4.78 is 2.03. The number of rotatable bonds is 3. The highest BCUT2D eigenvalue weighted by Crippen LogP contribution is 2.18. The summed E-state index contributed by atoms with van der Waals surface area (Å²) in [5.74, 6) is 1.01. The fourth-order valence-electron chi connectivity index (χ4n) is 2.26. The zero-order valence-corrected chi connectivity index (χ0v) is 10.3. The van der Waals surface area contributed by atoms with Gasteiger partial charge in [0.25, 0.3) is 0 Å². The molecule has 17 heavy (non-hydrogen) atoms. The van der Waals surface area contributed by atoms with Crippen LogP contribution in [-0.4, -0.2) is 33.2 Å². The second-order valence-electron chi connectivity index (χ2n) is 4.33. The van der Waals surface area contributed by atoms with Crippen LogP contribution < -0.4 is 0 Å².